The van der Waals surface area contributed by atoms with Crippen LogP contribution in [0.4, 0.5) is 5.69 Å². The van der Waals surface area contributed by atoms with Crippen LogP contribution in [0.2, 0.25) is 0 Å². The van der Waals surface area contributed by atoms with E-state index in [2.05, 4.69) is 10.4 Å². The van der Waals surface area contributed by atoms with E-state index in [9.17, 15) is 24.0 Å². The number of ether oxygens (including phenoxy) is 5. The molecule has 0 spiro atoms. The smallest absolute Gasteiger partial charge is 0.303 e. The lowest BCUT2D eigenvalue weighted by Gasteiger charge is -2.47. The van der Waals surface area contributed by atoms with Crippen molar-refractivity contribution in [3.05, 3.63) is 29.3 Å². The van der Waals surface area contributed by atoms with Gasteiger partial charge in [0.15, 0.2) is 35.5 Å². The molecule has 15 heteroatoms. The molecule has 2 aliphatic rings. The molecule has 39 heavy (non-hydrogen) atoms. The van der Waals surface area contributed by atoms with E-state index in [-0.39, 0.29) is 10.9 Å². The molecular formula is C24H28N4O10S. The van der Waals surface area contributed by atoms with Gasteiger partial charge in [0.05, 0.1) is 11.3 Å². The van der Waals surface area contributed by atoms with Gasteiger partial charge in [0.2, 0.25) is 5.78 Å². The third-order valence-corrected chi connectivity index (χ3v) is 5.80. The van der Waals surface area contributed by atoms with Crippen molar-refractivity contribution in [1.82, 2.24) is 10.4 Å². The van der Waals surface area contributed by atoms with E-state index in [1.54, 1.807) is 25.1 Å². The van der Waals surface area contributed by atoms with Crippen LogP contribution in [0, 0.1) is 6.92 Å². The summed E-state index contributed by atoms with van der Waals surface area (Å²) < 4.78 is 27.3. The number of carbonyl (C=O) groups excluding carboxylic acids is 5. The molecule has 0 radical (unpaired) electrons. The zero-order valence-corrected chi connectivity index (χ0v) is 22.6. The number of rotatable bonds is 6. The molecule has 1 fully saturated rings. The van der Waals surface area contributed by atoms with Gasteiger partial charge in [-0.05, 0) is 30.8 Å². The number of aryl methyl sites for hydroxylation is 1. The molecule has 0 aromatic heterocycles. The number of para-hydroxylation sites is 1. The maximum atomic E-state index is 13.1. The molecule has 5 atom stereocenters. The number of hydrogen-bond donors (Lipinski definition) is 2. The molecule has 1 aromatic rings. The Balaban J connectivity index is 2.06. The molecule has 2 aliphatic heterocycles. The first-order valence-corrected chi connectivity index (χ1v) is 12.1. The second-order valence-corrected chi connectivity index (χ2v) is 9.09. The molecule has 1 saturated heterocycles. The van der Waals surface area contributed by atoms with E-state index < -0.39 is 66.9 Å². The third kappa shape index (κ3) is 6.86. The van der Waals surface area contributed by atoms with E-state index in [1.165, 1.54) is 0 Å². The number of aliphatic imine (C=N–C) groups is 1. The predicted molar refractivity (Wildman–Crippen MR) is 136 cm³/mol. The molecule has 3 N–H and O–H groups in total. The molecule has 0 amide bonds. The third-order valence-electron chi connectivity index (χ3n) is 5.61. The summed E-state index contributed by atoms with van der Waals surface area (Å²) in [6.07, 6.45) is -7.08. The number of hydrogen-bond acceptors (Lipinski definition) is 13. The summed E-state index contributed by atoms with van der Waals surface area (Å²) in [5.41, 5.74) is 10.2. The number of carbonyl (C=O) groups is 5. The zero-order chi connectivity index (χ0) is 29.0. The molecule has 2 heterocycles. The summed E-state index contributed by atoms with van der Waals surface area (Å²) >= 11 is 5.20. The minimum Gasteiger partial charge on any atom is -0.463 e. The molecule has 0 aliphatic carbocycles. The minimum absolute atomic E-state index is 0.167. The van der Waals surface area contributed by atoms with Crippen LogP contribution in [-0.2, 0) is 42.9 Å². The van der Waals surface area contributed by atoms with Crippen LogP contribution in [0.15, 0.2) is 23.2 Å². The lowest BCUT2D eigenvalue weighted by Crippen LogP contribution is -2.70. The number of amidine groups is 1. The first-order chi connectivity index (χ1) is 18.3. The fourth-order valence-corrected chi connectivity index (χ4v) is 4.28. The van der Waals surface area contributed by atoms with E-state index in [0.29, 0.717) is 11.3 Å². The Kier molecular flexibility index (Phi) is 9.19. The van der Waals surface area contributed by atoms with Gasteiger partial charge in [0, 0.05) is 27.7 Å². The summed E-state index contributed by atoms with van der Waals surface area (Å²) in [7, 11) is 0. The number of ketones is 1. The number of nitrogens with one attached hydrogen (secondary N) is 1. The van der Waals surface area contributed by atoms with E-state index in [0.717, 1.165) is 38.3 Å². The van der Waals surface area contributed by atoms with Crippen LogP contribution in [0.3, 0.4) is 0 Å². The molecule has 210 valence electrons. The van der Waals surface area contributed by atoms with Crippen LogP contribution in [0.5, 0.6) is 0 Å². The van der Waals surface area contributed by atoms with Crippen molar-refractivity contribution in [3.63, 3.8) is 0 Å². The number of nitrogens with zero attached hydrogens (tertiary/aromatic N) is 2. The Morgan fingerprint density at radius 1 is 1.00 bits per heavy atom. The average Bonchev–Trinajstić information content (AvgIpc) is 3.14. The zero-order valence-electron chi connectivity index (χ0n) is 21.8. The normalized spacial score (nSPS) is 23.6. The number of nitrogens with two attached hydrogens (primary N) is 1. The van der Waals surface area contributed by atoms with Crippen LogP contribution in [0.1, 0.15) is 43.6 Å². The fourth-order valence-electron chi connectivity index (χ4n) is 4.13. The quantitative estimate of drug-likeness (QED) is 0.209. The second kappa shape index (κ2) is 12.2. The molecular weight excluding hydrogens is 536 g/mol. The van der Waals surface area contributed by atoms with Crippen molar-refractivity contribution in [1.29, 1.82) is 0 Å². The van der Waals surface area contributed by atoms with Gasteiger partial charge >= 0.3 is 23.9 Å². The fraction of sp³-hybridized carbons (Fsp3) is 0.458. The number of esters is 4. The summed E-state index contributed by atoms with van der Waals surface area (Å²) in [5.74, 6) is -3.72. The summed E-state index contributed by atoms with van der Waals surface area (Å²) in [5, 5.41) is 0.612. The van der Waals surface area contributed by atoms with Crippen LogP contribution in [0.25, 0.3) is 0 Å². The van der Waals surface area contributed by atoms with E-state index >= 15 is 0 Å². The van der Waals surface area contributed by atoms with Crippen LogP contribution >= 0.6 is 12.2 Å². The van der Waals surface area contributed by atoms with Gasteiger partial charge in [-0.1, -0.05) is 12.1 Å². The molecule has 0 bridgehead atoms. The monoisotopic (exact) mass is 564 g/mol. The van der Waals surface area contributed by atoms with Gasteiger partial charge in [0.25, 0.3) is 0 Å². The number of thiocarbonyl (C=S) groups is 1. The molecule has 1 aromatic carbocycles. The maximum Gasteiger partial charge on any atom is 0.303 e. The highest BCUT2D eigenvalue weighted by Gasteiger charge is 2.54. The van der Waals surface area contributed by atoms with Gasteiger partial charge < -0.3 is 29.4 Å². The second-order valence-electron chi connectivity index (χ2n) is 8.67. The SMILES string of the molecule is CC(=O)OC[C@H]1O[C@@H](N(NC2=Nc3c(C)cccc3C2=O)C(N)=S)[C@H](OC(C)=O)[C@@H](OC(C)=O)[C@H]1OC(C)=O. The first-order valence-electron chi connectivity index (χ1n) is 11.7. The lowest BCUT2D eigenvalue weighted by atomic mass is 9.97. The highest BCUT2D eigenvalue weighted by molar-refractivity contribution is 7.80. The Morgan fingerprint density at radius 2 is 1.59 bits per heavy atom. The van der Waals surface area contributed by atoms with E-state index in [1.807, 2.05) is 0 Å². The Labute approximate surface area is 228 Å². The highest BCUT2D eigenvalue weighted by Crippen LogP contribution is 2.32. The summed E-state index contributed by atoms with van der Waals surface area (Å²) in [4.78, 5) is 65.1. The van der Waals surface area contributed by atoms with Crippen molar-refractivity contribution in [2.75, 3.05) is 6.61 Å². The maximum absolute atomic E-state index is 13.1. The van der Waals surface area contributed by atoms with Gasteiger partial charge in [-0.15, -0.1) is 0 Å². The Hall–Kier alpha value is -4.11. The van der Waals surface area contributed by atoms with Crippen LogP contribution < -0.4 is 11.2 Å². The largest absolute Gasteiger partial charge is 0.463 e. The number of Topliss-reactive ketones (excluding diaryl/α,β-unsaturated/α-hetero) is 1. The van der Waals surface area contributed by atoms with Gasteiger partial charge in [0.1, 0.15) is 12.7 Å². The van der Waals surface area contributed by atoms with Gasteiger partial charge in [-0.25, -0.2) is 10.0 Å². The highest BCUT2D eigenvalue weighted by atomic mass is 32.1. The summed E-state index contributed by atoms with van der Waals surface area (Å²) in [6, 6.07) is 5.08. The van der Waals surface area contributed by atoms with Crippen LogP contribution in [-0.4, -0.2) is 82.9 Å². The van der Waals surface area contributed by atoms with Crippen molar-refractivity contribution in [3.8, 4) is 0 Å². The molecule has 0 saturated carbocycles. The number of benzene rings is 1. The molecule has 3 rings (SSSR count). The molecule has 14 nitrogen and oxygen atoms in total. The first kappa shape index (κ1) is 29.4. The van der Waals surface area contributed by atoms with E-state index in [4.69, 9.17) is 41.6 Å². The molecule has 0 unspecified atom stereocenters. The average molecular weight is 565 g/mol. The standard InChI is InChI=1S/C24H28N4O10S/c1-10-7-6-8-15-17(10)26-22(18(15)33)27-28(24(25)39)23-21(37-14(5)32)20(36-13(4)31)19(35-12(3)30)16(38-23)9-34-11(2)29/h6-8,16,19-21,23H,9H2,1-5H3,(H2,25,39)(H,26,27,33)/t16-,19+,20+,21-,23-/m1/s1. The van der Waals surface area contributed by atoms with Crippen molar-refractivity contribution in [2.24, 2.45) is 10.7 Å². The number of fused-ring (bicyclic) bond motifs is 1. The predicted octanol–water partition coefficient (Wildman–Crippen LogP) is 0.355. The minimum atomic E-state index is -1.50. The van der Waals surface area contributed by atoms with Gasteiger partial charge in [-0.2, -0.15) is 0 Å². The van der Waals surface area contributed by atoms with Crippen molar-refractivity contribution >= 4 is 58.5 Å². The lowest BCUT2D eigenvalue weighted by molar-refractivity contribution is -0.273. The van der Waals surface area contributed by atoms with Crippen molar-refractivity contribution in [2.45, 2.75) is 65.3 Å². The summed E-state index contributed by atoms with van der Waals surface area (Å²) in [6.45, 7) is 5.77. The number of hydrazine groups is 1. The van der Waals surface area contributed by atoms with Gasteiger partial charge in [-0.3, -0.25) is 29.4 Å². The Morgan fingerprint density at radius 3 is 2.13 bits per heavy atom. The topological polar surface area (TPSA) is 185 Å². The Bertz CT molecular complexity index is 1240. The van der Waals surface area contributed by atoms with Crippen molar-refractivity contribution < 1.29 is 47.7 Å².